The average molecular weight is 411 g/mol. The maximum absolute atomic E-state index is 11.9. The molecule has 0 aliphatic rings. The number of nitrogens with two attached hydrogens (primary N) is 2. The van der Waals surface area contributed by atoms with Gasteiger partial charge in [0.2, 0.25) is 11.8 Å². The number of amides is 2. The highest BCUT2D eigenvalue weighted by Gasteiger charge is 2.24. The molecule has 4 N–H and O–H groups in total. The van der Waals surface area contributed by atoms with Crippen LogP contribution in [0.1, 0.15) is 136 Å². The first-order chi connectivity index (χ1) is 14.0. The summed E-state index contributed by atoms with van der Waals surface area (Å²) in [6.07, 6.45) is 22.0. The number of carbonyl (C=O) groups is 2. The predicted octanol–water partition coefficient (Wildman–Crippen LogP) is 6.64. The van der Waals surface area contributed by atoms with Gasteiger partial charge < -0.3 is 11.5 Å². The molecule has 0 aliphatic carbocycles. The van der Waals surface area contributed by atoms with Gasteiger partial charge in [0, 0.05) is 11.8 Å². The van der Waals surface area contributed by atoms with E-state index < -0.39 is 0 Å². The summed E-state index contributed by atoms with van der Waals surface area (Å²) in [5.41, 5.74) is 11.2. The van der Waals surface area contributed by atoms with Crippen LogP contribution in [0.2, 0.25) is 0 Å². The molecule has 0 aromatic rings. The molecular weight excluding hydrogens is 360 g/mol. The van der Waals surface area contributed by atoms with Gasteiger partial charge in [0.15, 0.2) is 0 Å². The second kappa shape index (κ2) is 20.2. The summed E-state index contributed by atoms with van der Waals surface area (Å²) in [5, 5.41) is 0. The Morgan fingerprint density at radius 1 is 0.517 bits per heavy atom. The second-order valence-corrected chi connectivity index (χ2v) is 8.96. The van der Waals surface area contributed by atoms with Crippen LogP contribution in [0.5, 0.6) is 0 Å². The van der Waals surface area contributed by atoms with Crippen LogP contribution < -0.4 is 11.5 Å². The molecule has 4 heteroatoms. The van der Waals surface area contributed by atoms with Gasteiger partial charge in [-0.25, -0.2) is 0 Å². The van der Waals surface area contributed by atoms with Gasteiger partial charge in [-0.15, -0.1) is 0 Å². The first kappa shape index (κ1) is 27.9. The zero-order valence-electron chi connectivity index (χ0n) is 19.6. The molecular formula is C25H50N2O2. The van der Waals surface area contributed by atoms with E-state index in [1.165, 1.54) is 77.0 Å². The minimum atomic E-state index is -0.268. The molecule has 0 saturated heterocycles. The van der Waals surface area contributed by atoms with Crippen molar-refractivity contribution in [3.8, 4) is 0 Å². The Morgan fingerprint density at radius 2 is 0.793 bits per heavy atom. The molecule has 0 bridgehead atoms. The van der Waals surface area contributed by atoms with Gasteiger partial charge >= 0.3 is 0 Å². The summed E-state index contributed by atoms with van der Waals surface area (Å²) in [6, 6.07) is 0. The van der Waals surface area contributed by atoms with E-state index in [0.29, 0.717) is 6.42 Å². The molecule has 0 aromatic heterocycles. The molecule has 2 atom stereocenters. The molecule has 172 valence electrons. The summed E-state index contributed by atoms with van der Waals surface area (Å²) >= 11 is 0. The molecule has 0 aliphatic heterocycles. The van der Waals surface area contributed by atoms with Crippen molar-refractivity contribution >= 4 is 11.8 Å². The maximum atomic E-state index is 11.9. The highest BCUT2D eigenvalue weighted by molar-refractivity contribution is 5.80. The number of unbranched alkanes of at least 4 members (excludes halogenated alkanes) is 14. The molecule has 29 heavy (non-hydrogen) atoms. The van der Waals surface area contributed by atoms with Gasteiger partial charge in [-0.2, -0.15) is 0 Å². The van der Waals surface area contributed by atoms with Crippen LogP contribution in [0, 0.1) is 11.8 Å². The molecule has 0 radical (unpaired) electrons. The lowest BCUT2D eigenvalue weighted by atomic mass is 9.86. The Bertz CT molecular complexity index is 362. The highest BCUT2D eigenvalue weighted by Crippen LogP contribution is 2.24. The first-order valence-corrected chi connectivity index (χ1v) is 12.6. The van der Waals surface area contributed by atoms with Crippen molar-refractivity contribution in [2.75, 3.05) is 0 Å². The Balaban J connectivity index is 4.02. The summed E-state index contributed by atoms with van der Waals surface area (Å²) in [6.45, 7) is 4.47. The van der Waals surface area contributed by atoms with Gasteiger partial charge in [-0.05, 0) is 19.3 Å². The normalized spacial score (nSPS) is 13.3. The van der Waals surface area contributed by atoms with Crippen LogP contribution >= 0.6 is 0 Å². The van der Waals surface area contributed by atoms with Crippen molar-refractivity contribution in [1.82, 2.24) is 0 Å². The van der Waals surface area contributed by atoms with E-state index in [2.05, 4.69) is 13.8 Å². The van der Waals surface area contributed by atoms with Crippen LogP contribution in [0.3, 0.4) is 0 Å². The van der Waals surface area contributed by atoms with Crippen molar-refractivity contribution in [2.45, 2.75) is 136 Å². The molecule has 0 fully saturated rings. The van der Waals surface area contributed by atoms with Crippen LogP contribution in [0.25, 0.3) is 0 Å². The summed E-state index contributed by atoms with van der Waals surface area (Å²) < 4.78 is 0. The largest absolute Gasteiger partial charge is 0.369 e. The summed E-state index contributed by atoms with van der Waals surface area (Å²) in [7, 11) is 0. The third-order valence-electron chi connectivity index (χ3n) is 6.19. The van der Waals surface area contributed by atoms with Gasteiger partial charge in [-0.1, -0.05) is 117 Å². The monoisotopic (exact) mass is 410 g/mol. The molecule has 0 heterocycles. The molecule has 0 aromatic carbocycles. The van der Waals surface area contributed by atoms with Gasteiger partial charge in [0.25, 0.3) is 0 Å². The lowest BCUT2D eigenvalue weighted by Crippen LogP contribution is -2.31. The number of rotatable bonds is 22. The molecule has 0 spiro atoms. The minimum absolute atomic E-state index is 0.207. The average Bonchev–Trinajstić information content (AvgIpc) is 2.69. The van der Waals surface area contributed by atoms with E-state index >= 15 is 0 Å². The first-order valence-electron chi connectivity index (χ1n) is 12.6. The fraction of sp³-hybridized carbons (Fsp3) is 0.920. The topological polar surface area (TPSA) is 86.2 Å². The van der Waals surface area contributed by atoms with Crippen molar-refractivity contribution in [3.05, 3.63) is 0 Å². The van der Waals surface area contributed by atoms with E-state index in [-0.39, 0.29) is 23.7 Å². The Morgan fingerprint density at radius 3 is 1.07 bits per heavy atom. The van der Waals surface area contributed by atoms with E-state index in [9.17, 15) is 9.59 Å². The quantitative estimate of drug-likeness (QED) is 0.196. The SMILES string of the molecule is CCCCCCCCCCC(CC(CCCCCCCCCC)C(N)=O)C(N)=O. The molecule has 0 saturated carbocycles. The zero-order valence-corrected chi connectivity index (χ0v) is 19.6. The standard InChI is InChI=1S/C25H50N2O2/c1-3-5-7-9-11-13-15-17-19-22(24(26)28)21-23(25(27)29)20-18-16-14-12-10-8-6-4-2/h22-23H,3-21H2,1-2H3,(H2,26,28)(H2,27,29). The Hall–Kier alpha value is -1.06. The van der Waals surface area contributed by atoms with Crippen molar-refractivity contribution in [2.24, 2.45) is 23.3 Å². The predicted molar refractivity (Wildman–Crippen MR) is 124 cm³/mol. The van der Waals surface area contributed by atoms with Gasteiger partial charge in [0.1, 0.15) is 0 Å². The molecule has 0 rings (SSSR count). The van der Waals surface area contributed by atoms with E-state index in [0.717, 1.165) is 38.5 Å². The summed E-state index contributed by atoms with van der Waals surface area (Å²) in [5.74, 6) is -0.950. The zero-order chi connectivity index (χ0) is 21.7. The molecule has 2 amide bonds. The van der Waals surface area contributed by atoms with Crippen LogP contribution in [0.15, 0.2) is 0 Å². The maximum Gasteiger partial charge on any atom is 0.220 e. The minimum Gasteiger partial charge on any atom is -0.369 e. The van der Waals surface area contributed by atoms with Crippen LogP contribution in [0.4, 0.5) is 0 Å². The second-order valence-electron chi connectivity index (χ2n) is 8.96. The van der Waals surface area contributed by atoms with Crippen molar-refractivity contribution < 1.29 is 9.59 Å². The van der Waals surface area contributed by atoms with E-state index in [4.69, 9.17) is 11.5 Å². The number of hydrogen-bond acceptors (Lipinski definition) is 2. The third kappa shape index (κ3) is 17.5. The number of hydrogen-bond donors (Lipinski definition) is 2. The van der Waals surface area contributed by atoms with E-state index in [1.807, 2.05) is 0 Å². The molecule has 4 nitrogen and oxygen atoms in total. The van der Waals surface area contributed by atoms with Crippen LogP contribution in [-0.4, -0.2) is 11.8 Å². The number of carbonyl (C=O) groups excluding carboxylic acids is 2. The summed E-state index contributed by atoms with van der Waals surface area (Å²) in [4.78, 5) is 23.7. The van der Waals surface area contributed by atoms with Gasteiger partial charge in [0.05, 0.1) is 0 Å². The number of primary amides is 2. The lowest BCUT2D eigenvalue weighted by Gasteiger charge is -2.19. The lowest BCUT2D eigenvalue weighted by molar-refractivity contribution is -0.125. The highest BCUT2D eigenvalue weighted by atomic mass is 16.1. The molecule has 2 unspecified atom stereocenters. The smallest absolute Gasteiger partial charge is 0.220 e. The van der Waals surface area contributed by atoms with Gasteiger partial charge in [-0.3, -0.25) is 9.59 Å². The fourth-order valence-corrected chi connectivity index (χ4v) is 4.15. The van der Waals surface area contributed by atoms with Crippen molar-refractivity contribution in [1.29, 1.82) is 0 Å². The van der Waals surface area contributed by atoms with E-state index in [1.54, 1.807) is 0 Å². The van der Waals surface area contributed by atoms with Crippen molar-refractivity contribution in [3.63, 3.8) is 0 Å². The fourth-order valence-electron chi connectivity index (χ4n) is 4.15. The Labute approximate surface area is 181 Å². The van der Waals surface area contributed by atoms with Crippen LogP contribution in [-0.2, 0) is 9.59 Å². The third-order valence-corrected chi connectivity index (χ3v) is 6.19. The Kier molecular flexibility index (Phi) is 19.5.